The van der Waals surface area contributed by atoms with Gasteiger partial charge in [0.1, 0.15) is 11.5 Å². The Balaban J connectivity index is 1.39. The van der Waals surface area contributed by atoms with Gasteiger partial charge < -0.3 is 19.3 Å². The van der Waals surface area contributed by atoms with Gasteiger partial charge in [-0.3, -0.25) is 9.59 Å². The molecule has 6 nitrogen and oxygen atoms in total. The van der Waals surface area contributed by atoms with Gasteiger partial charge >= 0.3 is 0 Å². The standard InChI is InChI=1S/C20H20BrClN2O4/c21-15-1-5-17(6-2-15)27-13-19(25)23-9-11-24(12-10-23)20(26)14-28-18-7-3-16(22)4-8-18/h1-8H,9-14H2. The first-order chi connectivity index (χ1) is 13.5. The predicted octanol–water partition coefficient (Wildman–Crippen LogP) is 3.23. The Kier molecular flexibility index (Phi) is 7.17. The van der Waals surface area contributed by atoms with Crippen LogP contribution in [0.3, 0.4) is 0 Å². The number of hydrogen-bond acceptors (Lipinski definition) is 4. The van der Waals surface area contributed by atoms with E-state index in [1.807, 2.05) is 12.1 Å². The Morgan fingerprint density at radius 3 is 1.61 bits per heavy atom. The number of hydrogen-bond donors (Lipinski definition) is 0. The predicted molar refractivity (Wildman–Crippen MR) is 110 cm³/mol. The van der Waals surface area contributed by atoms with Gasteiger partial charge in [0.2, 0.25) is 0 Å². The summed E-state index contributed by atoms with van der Waals surface area (Å²) in [7, 11) is 0. The summed E-state index contributed by atoms with van der Waals surface area (Å²) in [6.07, 6.45) is 0. The van der Waals surface area contributed by atoms with Crippen LogP contribution in [0.1, 0.15) is 0 Å². The van der Waals surface area contributed by atoms with Crippen LogP contribution in [0.15, 0.2) is 53.0 Å². The van der Waals surface area contributed by atoms with Gasteiger partial charge in [0.15, 0.2) is 13.2 Å². The molecule has 0 N–H and O–H groups in total. The molecule has 28 heavy (non-hydrogen) atoms. The summed E-state index contributed by atoms with van der Waals surface area (Å²) in [4.78, 5) is 28.0. The normalized spacial score (nSPS) is 13.9. The highest BCUT2D eigenvalue weighted by molar-refractivity contribution is 9.10. The number of amides is 2. The summed E-state index contributed by atoms with van der Waals surface area (Å²) in [5.74, 6) is 1.04. The Hall–Kier alpha value is -2.25. The van der Waals surface area contributed by atoms with Gasteiger partial charge in [0, 0.05) is 35.7 Å². The average Bonchev–Trinajstić information content (AvgIpc) is 2.72. The first kappa shape index (κ1) is 20.5. The first-order valence-corrected chi connectivity index (χ1v) is 10.0. The van der Waals surface area contributed by atoms with Crippen LogP contribution in [0, 0.1) is 0 Å². The fourth-order valence-electron chi connectivity index (χ4n) is 2.74. The monoisotopic (exact) mass is 466 g/mol. The van der Waals surface area contributed by atoms with Gasteiger partial charge in [-0.15, -0.1) is 0 Å². The molecule has 0 aliphatic carbocycles. The molecule has 0 radical (unpaired) electrons. The third-order valence-corrected chi connectivity index (χ3v) is 5.12. The van der Waals surface area contributed by atoms with E-state index in [1.54, 1.807) is 46.2 Å². The van der Waals surface area contributed by atoms with E-state index in [2.05, 4.69) is 15.9 Å². The third-order valence-electron chi connectivity index (χ3n) is 4.34. The van der Waals surface area contributed by atoms with Crippen LogP contribution in [0.5, 0.6) is 11.5 Å². The molecule has 0 spiro atoms. The van der Waals surface area contributed by atoms with Crippen molar-refractivity contribution in [2.45, 2.75) is 0 Å². The minimum atomic E-state index is -0.104. The lowest BCUT2D eigenvalue weighted by molar-refractivity contribution is -0.141. The van der Waals surface area contributed by atoms with Crippen LogP contribution in [-0.4, -0.2) is 61.0 Å². The van der Waals surface area contributed by atoms with Crippen molar-refractivity contribution in [1.82, 2.24) is 9.80 Å². The van der Waals surface area contributed by atoms with Crippen molar-refractivity contribution < 1.29 is 19.1 Å². The second-order valence-electron chi connectivity index (χ2n) is 6.25. The SMILES string of the molecule is O=C(COc1ccc(Cl)cc1)N1CCN(C(=O)COc2ccc(Br)cc2)CC1. The second-order valence-corrected chi connectivity index (χ2v) is 7.60. The highest BCUT2D eigenvalue weighted by atomic mass is 79.9. The van der Waals surface area contributed by atoms with E-state index in [0.717, 1.165) is 4.47 Å². The quantitative estimate of drug-likeness (QED) is 0.654. The number of nitrogens with zero attached hydrogens (tertiary/aromatic N) is 2. The van der Waals surface area contributed by atoms with Crippen molar-refractivity contribution in [3.63, 3.8) is 0 Å². The molecule has 148 valence electrons. The maximum absolute atomic E-state index is 12.3. The van der Waals surface area contributed by atoms with E-state index < -0.39 is 0 Å². The van der Waals surface area contributed by atoms with Crippen LogP contribution in [0.4, 0.5) is 0 Å². The first-order valence-electron chi connectivity index (χ1n) is 8.83. The summed E-state index contributed by atoms with van der Waals surface area (Å²) in [5.41, 5.74) is 0. The number of halogens is 2. The van der Waals surface area contributed by atoms with Gasteiger partial charge in [-0.05, 0) is 48.5 Å². The molecular weight excluding hydrogens is 448 g/mol. The summed E-state index contributed by atoms with van der Waals surface area (Å²) >= 11 is 9.18. The van der Waals surface area contributed by atoms with Crippen molar-refractivity contribution in [3.05, 3.63) is 58.0 Å². The van der Waals surface area contributed by atoms with E-state index in [1.165, 1.54) is 0 Å². The molecule has 0 bridgehead atoms. The molecule has 2 amide bonds. The third kappa shape index (κ3) is 5.87. The molecule has 0 atom stereocenters. The molecule has 2 aromatic carbocycles. The maximum Gasteiger partial charge on any atom is 0.260 e. The molecule has 0 saturated carbocycles. The number of benzene rings is 2. The minimum absolute atomic E-state index is 0.0186. The number of carbonyl (C=O) groups is 2. The molecule has 1 heterocycles. The van der Waals surface area contributed by atoms with Crippen LogP contribution in [-0.2, 0) is 9.59 Å². The van der Waals surface area contributed by atoms with Gasteiger partial charge in [-0.25, -0.2) is 0 Å². The molecule has 1 fully saturated rings. The fourth-order valence-corrected chi connectivity index (χ4v) is 3.13. The molecule has 2 aromatic rings. The molecule has 0 aromatic heterocycles. The van der Waals surface area contributed by atoms with Crippen molar-refractivity contribution in [2.75, 3.05) is 39.4 Å². The fraction of sp³-hybridized carbons (Fsp3) is 0.300. The van der Waals surface area contributed by atoms with Gasteiger partial charge in [0.05, 0.1) is 0 Å². The molecule has 1 aliphatic heterocycles. The molecule has 1 aliphatic rings. The van der Waals surface area contributed by atoms with Crippen molar-refractivity contribution in [2.24, 2.45) is 0 Å². The van der Waals surface area contributed by atoms with Crippen LogP contribution < -0.4 is 9.47 Å². The van der Waals surface area contributed by atoms with E-state index in [9.17, 15) is 9.59 Å². The Bertz CT molecular complexity index is 736. The van der Waals surface area contributed by atoms with E-state index in [-0.39, 0.29) is 25.0 Å². The van der Waals surface area contributed by atoms with Crippen LogP contribution >= 0.6 is 27.5 Å². The van der Waals surface area contributed by atoms with Crippen LogP contribution in [0.25, 0.3) is 0 Å². The molecule has 1 saturated heterocycles. The zero-order chi connectivity index (χ0) is 19.9. The molecule has 8 heteroatoms. The second kappa shape index (κ2) is 9.80. The molecular formula is C20H20BrClN2O4. The minimum Gasteiger partial charge on any atom is -0.484 e. The Morgan fingerprint density at radius 2 is 1.18 bits per heavy atom. The largest absolute Gasteiger partial charge is 0.484 e. The highest BCUT2D eigenvalue weighted by Crippen LogP contribution is 2.17. The van der Waals surface area contributed by atoms with Crippen molar-refractivity contribution >= 4 is 39.3 Å². The smallest absolute Gasteiger partial charge is 0.260 e. The van der Waals surface area contributed by atoms with E-state index >= 15 is 0 Å². The zero-order valence-electron chi connectivity index (χ0n) is 15.1. The number of rotatable bonds is 6. The van der Waals surface area contributed by atoms with Gasteiger partial charge in [-0.2, -0.15) is 0 Å². The van der Waals surface area contributed by atoms with Crippen molar-refractivity contribution in [1.29, 1.82) is 0 Å². The average molecular weight is 468 g/mol. The molecule has 3 rings (SSSR count). The topological polar surface area (TPSA) is 59.1 Å². The summed E-state index contributed by atoms with van der Waals surface area (Å²) < 4.78 is 12.0. The van der Waals surface area contributed by atoms with E-state index in [4.69, 9.17) is 21.1 Å². The lowest BCUT2D eigenvalue weighted by atomic mass is 10.3. The maximum atomic E-state index is 12.3. The Labute approximate surface area is 177 Å². The number of ether oxygens (including phenoxy) is 2. The summed E-state index contributed by atoms with van der Waals surface area (Å²) in [5, 5.41) is 0.614. The van der Waals surface area contributed by atoms with E-state index in [0.29, 0.717) is 42.7 Å². The summed E-state index contributed by atoms with van der Waals surface area (Å²) in [6, 6.07) is 14.2. The summed E-state index contributed by atoms with van der Waals surface area (Å²) in [6.45, 7) is 1.86. The molecule has 0 unspecified atom stereocenters. The van der Waals surface area contributed by atoms with Crippen LogP contribution in [0.2, 0.25) is 5.02 Å². The zero-order valence-corrected chi connectivity index (χ0v) is 17.5. The lowest BCUT2D eigenvalue weighted by Crippen LogP contribution is -2.52. The lowest BCUT2D eigenvalue weighted by Gasteiger charge is -2.34. The van der Waals surface area contributed by atoms with Gasteiger partial charge in [0.25, 0.3) is 11.8 Å². The van der Waals surface area contributed by atoms with Gasteiger partial charge in [-0.1, -0.05) is 27.5 Å². The highest BCUT2D eigenvalue weighted by Gasteiger charge is 2.24. The number of carbonyl (C=O) groups excluding carboxylic acids is 2. The number of piperazine rings is 1. The Morgan fingerprint density at radius 1 is 0.786 bits per heavy atom. The van der Waals surface area contributed by atoms with Crippen molar-refractivity contribution in [3.8, 4) is 11.5 Å².